The summed E-state index contributed by atoms with van der Waals surface area (Å²) in [6, 6.07) is 0. The smallest absolute Gasteiger partial charge is 0.229 e. The van der Waals surface area contributed by atoms with Gasteiger partial charge >= 0.3 is 0 Å². The maximum Gasteiger partial charge on any atom is 0.229 e. The second-order valence-electron chi connectivity index (χ2n) is 4.05. The van der Waals surface area contributed by atoms with E-state index in [9.17, 15) is 4.79 Å². The van der Waals surface area contributed by atoms with Crippen molar-refractivity contribution in [1.29, 1.82) is 0 Å². The van der Waals surface area contributed by atoms with Gasteiger partial charge in [0.2, 0.25) is 5.91 Å². The summed E-state index contributed by atoms with van der Waals surface area (Å²) in [7, 11) is 0. The summed E-state index contributed by atoms with van der Waals surface area (Å²) in [6.45, 7) is 2.01. The standard InChI is InChI=1S/C9H11N3OS/c13-7(12-8-11-1-2-14-8)6-3-9(6)4-10-5-9/h1-2,6,10H,3-5H2,(H,11,12,13). The Labute approximate surface area is 85.7 Å². The van der Waals surface area contributed by atoms with Crippen molar-refractivity contribution >= 4 is 22.4 Å². The normalized spacial score (nSPS) is 27.0. The largest absolute Gasteiger partial charge is 0.315 e. The number of nitrogens with zero attached hydrogens (tertiary/aromatic N) is 1. The Bertz CT molecular complexity index is 358. The number of hydrogen-bond donors (Lipinski definition) is 2. The summed E-state index contributed by atoms with van der Waals surface area (Å²) >= 11 is 1.46. The number of anilines is 1. The van der Waals surface area contributed by atoms with Crippen LogP contribution >= 0.6 is 11.3 Å². The second-order valence-corrected chi connectivity index (χ2v) is 4.94. The van der Waals surface area contributed by atoms with Gasteiger partial charge in [0, 0.05) is 36.0 Å². The molecule has 1 spiro atoms. The maximum absolute atomic E-state index is 11.7. The zero-order chi connectivity index (χ0) is 9.60. The van der Waals surface area contributed by atoms with Crippen molar-refractivity contribution in [3.63, 3.8) is 0 Å². The molecule has 1 aliphatic heterocycles. The maximum atomic E-state index is 11.7. The van der Waals surface area contributed by atoms with E-state index in [1.807, 2.05) is 5.38 Å². The summed E-state index contributed by atoms with van der Waals surface area (Å²) in [5, 5.41) is 8.64. The molecule has 1 saturated carbocycles. The molecule has 2 fully saturated rings. The van der Waals surface area contributed by atoms with E-state index in [-0.39, 0.29) is 11.8 Å². The first kappa shape index (κ1) is 8.38. The molecule has 1 aromatic heterocycles. The number of hydrogen-bond acceptors (Lipinski definition) is 4. The van der Waals surface area contributed by atoms with Crippen molar-refractivity contribution in [1.82, 2.24) is 10.3 Å². The van der Waals surface area contributed by atoms with Crippen LogP contribution in [0.5, 0.6) is 0 Å². The summed E-state index contributed by atoms with van der Waals surface area (Å²) < 4.78 is 0. The molecular formula is C9H11N3OS. The molecule has 2 N–H and O–H groups in total. The Hall–Kier alpha value is -0.940. The molecule has 1 aliphatic carbocycles. The van der Waals surface area contributed by atoms with E-state index < -0.39 is 0 Å². The van der Waals surface area contributed by atoms with Crippen LogP contribution in [0.1, 0.15) is 6.42 Å². The Morgan fingerprint density at radius 2 is 2.57 bits per heavy atom. The van der Waals surface area contributed by atoms with Crippen molar-refractivity contribution in [2.24, 2.45) is 11.3 Å². The van der Waals surface area contributed by atoms with E-state index in [2.05, 4.69) is 15.6 Å². The lowest BCUT2D eigenvalue weighted by atomic mass is 9.96. The van der Waals surface area contributed by atoms with Crippen molar-refractivity contribution in [3.8, 4) is 0 Å². The van der Waals surface area contributed by atoms with Gasteiger partial charge in [0.15, 0.2) is 5.13 Å². The van der Waals surface area contributed by atoms with Crippen LogP contribution < -0.4 is 10.6 Å². The Morgan fingerprint density at radius 3 is 3.07 bits per heavy atom. The third kappa shape index (κ3) is 1.16. The first-order valence-corrected chi connectivity index (χ1v) is 5.59. The van der Waals surface area contributed by atoms with Crippen molar-refractivity contribution < 1.29 is 4.79 Å². The van der Waals surface area contributed by atoms with Gasteiger partial charge in [0.1, 0.15) is 0 Å². The average Bonchev–Trinajstić information content (AvgIpc) is 2.71. The van der Waals surface area contributed by atoms with E-state index in [0.717, 1.165) is 19.5 Å². The number of nitrogens with one attached hydrogen (secondary N) is 2. The van der Waals surface area contributed by atoms with E-state index in [0.29, 0.717) is 10.5 Å². The minimum atomic E-state index is 0.140. The number of carbonyl (C=O) groups is 1. The second kappa shape index (κ2) is 2.77. The number of amides is 1. The highest BCUT2D eigenvalue weighted by Crippen LogP contribution is 2.55. The van der Waals surface area contributed by atoms with E-state index >= 15 is 0 Å². The number of thiazole rings is 1. The molecule has 0 radical (unpaired) electrons. The van der Waals surface area contributed by atoms with Crippen LogP contribution in [0.15, 0.2) is 11.6 Å². The molecule has 1 aromatic rings. The molecule has 4 nitrogen and oxygen atoms in total. The van der Waals surface area contributed by atoms with Crippen LogP contribution in [-0.2, 0) is 4.79 Å². The molecule has 1 saturated heterocycles. The number of carbonyl (C=O) groups excluding carboxylic acids is 1. The first-order chi connectivity index (χ1) is 6.80. The number of aromatic nitrogens is 1. The molecule has 74 valence electrons. The molecular weight excluding hydrogens is 198 g/mol. The fraction of sp³-hybridized carbons (Fsp3) is 0.556. The predicted molar refractivity (Wildman–Crippen MR) is 54.2 cm³/mol. The average molecular weight is 209 g/mol. The van der Waals surface area contributed by atoms with Gasteiger partial charge in [-0.15, -0.1) is 11.3 Å². The Morgan fingerprint density at radius 1 is 1.71 bits per heavy atom. The van der Waals surface area contributed by atoms with Gasteiger partial charge in [-0.05, 0) is 6.42 Å². The quantitative estimate of drug-likeness (QED) is 0.753. The van der Waals surface area contributed by atoms with Gasteiger partial charge < -0.3 is 10.6 Å². The lowest BCUT2D eigenvalue weighted by Crippen LogP contribution is -2.46. The first-order valence-electron chi connectivity index (χ1n) is 4.71. The Balaban J connectivity index is 1.62. The molecule has 1 atom stereocenters. The number of rotatable bonds is 2. The molecule has 0 aromatic carbocycles. The highest BCUT2D eigenvalue weighted by atomic mass is 32.1. The fourth-order valence-electron chi connectivity index (χ4n) is 2.03. The zero-order valence-electron chi connectivity index (χ0n) is 7.62. The van der Waals surface area contributed by atoms with Gasteiger partial charge in [0.25, 0.3) is 0 Å². The van der Waals surface area contributed by atoms with Crippen molar-refractivity contribution in [2.75, 3.05) is 18.4 Å². The molecule has 5 heteroatoms. The summed E-state index contributed by atoms with van der Waals surface area (Å²) in [4.78, 5) is 15.7. The predicted octanol–water partition coefficient (Wildman–Crippen LogP) is 0.691. The molecule has 3 rings (SSSR count). The zero-order valence-corrected chi connectivity index (χ0v) is 8.43. The van der Waals surface area contributed by atoms with Crippen LogP contribution in [0.25, 0.3) is 0 Å². The fourth-order valence-corrected chi connectivity index (χ4v) is 2.56. The molecule has 0 bridgehead atoms. The van der Waals surface area contributed by atoms with Gasteiger partial charge in [-0.25, -0.2) is 4.98 Å². The van der Waals surface area contributed by atoms with Crippen LogP contribution in [0.3, 0.4) is 0 Å². The van der Waals surface area contributed by atoms with E-state index in [1.165, 1.54) is 11.3 Å². The summed E-state index contributed by atoms with van der Waals surface area (Å²) in [5.41, 5.74) is 0.307. The van der Waals surface area contributed by atoms with Crippen molar-refractivity contribution in [2.45, 2.75) is 6.42 Å². The van der Waals surface area contributed by atoms with Crippen molar-refractivity contribution in [3.05, 3.63) is 11.6 Å². The molecule has 1 unspecified atom stereocenters. The van der Waals surface area contributed by atoms with E-state index in [4.69, 9.17) is 0 Å². The lowest BCUT2D eigenvalue weighted by Gasteiger charge is -2.27. The molecule has 14 heavy (non-hydrogen) atoms. The van der Waals surface area contributed by atoms with Gasteiger partial charge in [-0.2, -0.15) is 0 Å². The van der Waals surface area contributed by atoms with Gasteiger partial charge in [0.05, 0.1) is 0 Å². The van der Waals surface area contributed by atoms with Gasteiger partial charge in [-0.3, -0.25) is 4.79 Å². The third-order valence-corrected chi connectivity index (χ3v) is 3.81. The van der Waals surface area contributed by atoms with Crippen LogP contribution in [0.2, 0.25) is 0 Å². The SMILES string of the molecule is O=C(Nc1nccs1)C1CC12CNC2. The Kier molecular flexibility index (Phi) is 1.66. The highest BCUT2D eigenvalue weighted by molar-refractivity contribution is 7.13. The van der Waals surface area contributed by atoms with E-state index in [1.54, 1.807) is 6.20 Å². The summed E-state index contributed by atoms with van der Waals surface area (Å²) in [5.74, 6) is 0.356. The van der Waals surface area contributed by atoms with Gasteiger partial charge in [-0.1, -0.05) is 0 Å². The molecule has 2 heterocycles. The molecule has 2 aliphatic rings. The topological polar surface area (TPSA) is 54.0 Å². The van der Waals surface area contributed by atoms with Crippen LogP contribution in [-0.4, -0.2) is 24.0 Å². The van der Waals surface area contributed by atoms with Crippen LogP contribution in [0.4, 0.5) is 5.13 Å². The lowest BCUT2D eigenvalue weighted by molar-refractivity contribution is -0.118. The third-order valence-electron chi connectivity index (χ3n) is 3.12. The minimum absolute atomic E-state index is 0.140. The minimum Gasteiger partial charge on any atom is -0.315 e. The van der Waals surface area contributed by atoms with Crippen LogP contribution in [0, 0.1) is 11.3 Å². The molecule has 1 amide bonds. The summed E-state index contributed by atoms with van der Waals surface area (Å²) in [6.07, 6.45) is 2.74. The highest BCUT2D eigenvalue weighted by Gasteiger charge is 2.61. The monoisotopic (exact) mass is 209 g/mol.